The maximum atomic E-state index is 14.5. The number of fused-ring (bicyclic) bond motifs is 5. The summed E-state index contributed by atoms with van der Waals surface area (Å²) >= 11 is 10.7. The normalized spacial score (nSPS) is 23.8. The van der Waals surface area contributed by atoms with Gasteiger partial charge >= 0.3 is 5.97 Å². The standard InChI is InChI=1S/C68H112BrClN6O24/c1-8-61(83)100-68(48(2)41-54-53-13-12-51-42-52(77)14-16-65(51,5)67(53,70)56(78)43-66(54,68)6)57(79)46-99-47-73-60(82)45-72-62(84)49(3)74-63(85)50(4)75-64(86)55(76-59(81)44-69)11-9-10-17-71-58(80)15-18-88-21-22-90-25-26-92-29-30-94-33-34-96-37-38-98-40-39-97-36-35-95-32-31-93-28-27-91-24-23-89-20-19-87-7/h14,16,42,48-50,53-56,78H,8-13,15,17-41,43-47H2,1-7H3,(H,71,80)(H,72,84)(H,73,82)(H,74,85)(H,75,86)(H,76,81)/t48-,49-,50-,53-,54-,55-,56-,65-,66-,67-,68?/m0/s1. The Labute approximate surface area is 601 Å². The number of aliphatic hydroxyl groups is 1. The Morgan fingerprint density at radius 3 is 1.61 bits per heavy atom. The summed E-state index contributed by atoms with van der Waals surface area (Å²) in [6, 6.07) is -3.32. The molecule has 0 heterocycles. The van der Waals surface area contributed by atoms with Crippen molar-refractivity contribution >= 4 is 80.5 Å². The molecule has 32 heteroatoms. The first-order chi connectivity index (χ1) is 48.1. The molecule has 1 unspecified atom stereocenters. The number of alkyl halides is 2. The van der Waals surface area contributed by atoms with E-state index in [1.54, 1.807) is 26.2 Å². The van der Waals surface area contributed by atoms with Crippen molar-refractivity contribution in [1.82, 2.24) is 31.9 Å². The first-order valence-electron chi connectivity index (χ1n) is 34.8. The average Bonchev–Trinajstić information content (AvgIpc) is 1.39. The highest BCUT2D eigenvalue weighted by Gasteiger charge is 2.76. The van der Waals surface area contributed by atoms with Crippen LogP contribution in [0.4, 0.5) is 0 Å². The van der Waals surface area contributed by atoms with Gasteiger partial charge in [0, 0.05) is 43.2 Å². The minimum Gasteiger partial charge on any atom is -0.450 e. The summed E-state index contributed by atoms with van der Waals surface area (Å²) in [5, 5.41) is 27.4. The van der Waals surface area contributed by atoms with Gasteiger partial charge in [-0.1, -0.05) is 55.3 Å². The van der Waals surface area contributed by atoms with Crippen molar-refractivity contribution in [2.75, 3.05) is 191 Å². The van der Waals surface area contributed by atoms with E-state index in [9.17, 15) is 48.3 Å². The first-order valence-corrected chi connectivity index (χ1v) is 36.3. The number of amides is 6. The molecule has 100 heavy (non-hydrogen) atoms. The number of halogens is 2. The molecule has 4 aliphatic rings. The molecule has 6 amide bonds. The molecule has 4 aliphatic carbocycles. The number of unbranched alkanes of at least 4 members (excludes halogenated alkanes) is 1. The summed E-state index contributed by atoms with van der Waals surface area (Å²) in [5.41, 5.74) is -2.75. The maximum Gasteiger partial charge on any atom is 0.306 e. The van der Waals surface area contributed by atoms with Gasteiger partial charge in [-0.15, -0.1) is 11.6 Å². The molecule has 0 aromatic heterocycles. The SMILES string of the molecule is CCC(=O)OC1(C(=O)COCNC(=O)CNC(=O)[C@H](C)NC(=O)[C@H](C)NC(=O)[C@H](CCCCNC(=O)CCOCCOCCOCCOCCOCCOCCOCCOCCOCCOCCOCCOC)NC(=O)CBr)[C@@H](C)C[C@H]2[C@@H]3CCC4=CC(=O)C=C[C@]4(C)[C@@]3(Cl)[C@@H](O)C[C@@]21C. The van der Waals surface area contributed by atoms with E-state index in [1.165, 1.54) is 19.9 Å². The average molecular weight is 1510 g/mol. The highest BCUT2D eigenvalue weighted by atomic mass is 79.9. The van der Waals surface area contributed by atoms with Crippen LogP contribution in [-0.2, 0) is 109 Å². The van der Waals surface area contributed by atoms with Gasteiger partial charge in [0.25, 0.3) is 0 Å². The van der Waals surface area contributed by atoms with Crippen LogP contribution in [0, 0.1) is 28.6 Å². The Morgan fingerprint density at radius 1 is 0.620 bits per heavy atom. The van der Waals surface area contributed by atoms with Gasteiger partial charge in [-0.2, -0.15) is 0 Å². The predicted octanol–water partition coefficient (Wildman–Crippen LogP) is 1.73. The number of esters is 1. The molecule has 11 atom stereocenters. The van der Waals surface area contributed by atoms with Crippen LogP contribution in [0.5, 0.6) is 0 Å². The number of Topliss-reactive ketones (excluding diaryl/α,β-unsaturated/α-hetero) is 1. The van der Waals surface area contributed by atoms with E-state index in [1.807, 2.05) is 20.8 Å². The van der Waals surface area contributed by atoms with Crippen LogP contribution < -0.4 is 31.9 Å². The van der Waals surface area contributed by atoms with Crippen molar-refractivity contribution in [2.24, 2.45) is 28.6 Å². The number of nitrogens with one attached hydrogen (secondary N) is 6. The van der Waals surface area contributed by atoms with Crippen LogP contribution in [0.1, 0.15) is 99.3 Å². The molecule has 0 aromatic rings. The van der Waals surface area contributed by atoms with Crippen molar-refractivity contribution in [2.45, 2.75) is 134 Å². The summed E-state index contributed by atoms with van der Waals surface area (Å²) in [6.45, 7) is 18.9. The minimum atomic E-state index is -1.70. The number of ether oxygens (including phenoxy) is 14. The number of hydrogen-bond acceptors (Lipinski definition) is 24. The second-order valence-corrected chi connectivity index (χ2v) is 26.4. The molecule has 572 valence electrons. The summed E-state index contributed by atoms with van der Waals surface area (Å²) in [7, 11) is 1.63. The smallest absolute Gasteiger partial charge is 0.306 e. The summed E-state index contributed by atoms with van der Waals surface area (Å²) in [6.07, 6.45) is 6.53. The zero-order valence-corrected chi connectivity index (χ0v) is 61.9. The van der Waals surface area contributed by atoms with Gasteiger partial charge in [-0.05, 0) is 82.8 Å². The van der Waals surface area contributed by atoms with E-state index >= 15 is 0 Å². The van der Waals surface area contributed by atoms with Crippen molar-refractivity contribution in [3.8, 4) is 0 Å². The Kier molecular flexibility index (Phi) is 42.4. The number of hydrogen-bond donors (Lipinski definition) is 7. The van der Waals surface area contributed by atoms with Gasteiger partial charge in [-0.3, -0.25) is 43.2 Å². The molecule has 0 spiro atoms. The number of ketones is 2. The van der Waals surface area contributed by atoms with E-state index in [0.29, 0.717) is 184 Å². The first kappa shape index (κ1) is 87.7. The Balaban J connectivity index is 0.975. The highest BCUT2D eigenvalue weighted by Crippen LogP contribution is 2.72. The van der Waals surface area contributed by atoms with Crippen molar-refractivity contribution in [3.63, 3.8) is 0 Å². The number of aliphatic hydroxyl groups excluding tert-OH is 1. The third-order valence-corrected chi connectivity index (χ3v) is 19.8. The maximum absolute atomic E-state index is 14.5. The van der Waals surface area contributed by atoms with Crippen LogP contribution in [-0.4, -0.2) is 284 Å². The van der Waals surface area contributed by atoms with E-state index in [4.69, 9.17) is 77.9 Å². The molecule has 7 N–H and O–H groups in total. The van der Waals surface area contributed by atoms with Crippen molar-refractivity contribution in [1.29, 1.82) is 0 Å². The van der Waals surface area contributed by atoms with E-state index in [2.05, 4.69) is 47.8 Å². The zero-order chi connectivity index (χ0) is 73.2. The fourth-order valence-corrected chi connectivity index (χ4v) is 13.8. The van der Waals surface area contributed by atoms with E-state index in [-0.39, 0.29) is 61.1 Å². The monoisotopic (exact) mass is 1510 g/mol. The van der Waals surface area contributed by atoms with E-state index < -0.39 is 113 Å². The number of allylic oxidation sites excluding steroid dienone is 4. The quantitative estimate of drug-likeness (QED) is 0.0197. The topological polar surface area (TPSA) is 375 Å². The summed E-state index contributed by atoms with van der Waals surface area (Å²) < 4.78 is 77.0. The largest absolute Gasteiger partial charge is 0.450 e. The fourth-order valence-electron chi connectivity index (χ4n) is 13.1. The van der Waals surface area contributed by atoms with Crippen LogP contribution in [0.25, 0.3) is 0 Å². The van der Waals surface area contributed by atoms with Crippen LogP contribution in [0.2, 0.25) is 0 Å². The van der Waals surface area contributed by atoms with Crippen LogP contribution >= 0.6 is 27.5 Å². The van der Waals surface area contributed by atoms with Gasteiger partial charge in [0.15, 0.2) is 11.4 Å². The lowest BCUT2D eigenvalue weighted by Gasteiger charge is -2.64. The molecular weight excluding hydrogens is 1400 g/mol. The molecule has 4 rings (SSSR count). The zero-order valence-electron chi connectivity index (χ0n) is 59.5. The molecule has 3 fully saturated rings. The molecule has 3 saturated carbocycles. The van der Waals surface area contributed by atoms with Crippen LogP contribution in [0.3, 0.4) is 0 Å². The molecular formula is C68H112BrClN6O24. The lowest BCUT2D eigenvalue weighted by atomic mass is 9.45. The molecule has 30 nitrogen and oxygen atoms in total. The van der Waals surface area contributed by atoms with Gasteiger partial charge < -0.3 is 103 Å². The highest BCUT2D eigenvalue weighted by molar-refractivity contribution is 9.09. The molecule has 0 aliphatic heterocycles. The Bertz CT molecular complexity index is 2580. The fraction of sp³-hybridized carbons (Fsp3) is 0.809. The third kappa shape index (κ3) is 28.4. The predicted molar refractivity (Wildman–Crippen MR) is 367 cm³/mol. The molecule has 0 radical (unpaired) electrons. The number of carbonyl (C=O) groups excluding carboxylic acids is 9. The van der Waals surface area contributed by atoms with E-state index in [0.717, 1.165) is 5.57 Å². The number of carbonyl (C=O) groups is 9. The Hall–Kier alpha value is -4.68. The van der Waals surface area contributed by atoms with Crippen LogP contribution in [0.15, 0.2) is 23.8 Å². The molecule has 0 saturated heterocycles. The minimum absolute atomic E-state index is 0.0107. The molecule has 0 bridgehead atoms. The molecule has 0 aromatic carbocycles. The van der Waals surface area contributed by atoms with Crippen molar-refractivity contribution < 1.29 is 115 Å². The van der Waals surface area contributed by atoms with Crippen molar-refractivity contribution in [3.05, 3.63) is 23.8 Å². The summed E-state index contributed by atoms with van der Waals surface area (Å²) in [5.74, 6) is -5.82. The lowest BCUT2D eigenvalue weighted by Crippen LogP contribution is -2.69. The lowest BCUT2D eigenvalue weighted by molar-refractivity contribution is -0.203. The second kappa shape index (κ2) is 48.4. The number of rotatable bonds is 57. The van der Waals surface area contributed by atoms with Gasteiger partial charge in [0.2, 0.25) is 41.2 Å². The van der Waals surface area contributed by atoms with Gasteiger partial charge in [0.1, 0.15) is 31.5 Å². The summed E-state index contributed by atoms with van der Waals surface area (Å²) in [4.78, 5) is 116. The number of methoxy groups -OCH3 is 1. The second-order valence-electron chi connectivity index (χ2n) is 25.2. The third-order valence-electron chi connectivity index (χ3n) is 18.3. The Morgan fingerprint density at radius 2 is 1.11 bits per heavy atom. The van der Waals surface area contributed by atoms with Gasteiger partial charge in [0.05, 0.1) is 175 Å². The van der Waals surface area contributed by atoms with Gasteiger partial charge in [-0.25, -0.2) is 0 Å².